The van der Waals surface area contributed by atoms with Crippen molar-refractivity contribution in [3.05, 3.63) is 34.2 Å². The first kappa shape index (κ1) is 25.3. The van der Waals surface area contributed by atoms with Crippen LogP contribution in [-0.4, -0.2) is 58.9 Å². The zero-order valence-corrected chi connectivity index (χ0v) is 21.8. The van der Waals surface area contributed by atoms with E-state index in [0.29, 0.717) is 34.0 Å². The van der Waals surface area contributed by atoms with Gasteiger partial charge in [0.05, 0.1) is 13.1 Å². The summed E-state index contributed by atoms with van der Waals surface area (Å²) in [7, 11) is 0. The van der Waals surface area contributed by atoms with Gasteiger partial charge in [-0.3, -0.25) is 4.79 Å². The Bertz CT molecular complexity index is 998. The van der Waals surface area contributed by atoms with Crippen molar-refractivity contribution in [1.29, 1.82) is 0 Å². The predicted molar refractivity (Wildman–Crippen MR) is 122 cm³/mol. The largest absolute Gasteiger partial charge is 1.00 e. The summed E-state index contributed by atoms with van der Waals surface area (Å²) in [4.78, 5) is 26.9. The van der Waals surface area contributed by atoms with Crippen molar-refractivity contribution in [2.45, 2.75) is 57.2 Å². The Morgan fingerprint density at radius 2 is 2.03 bits per heavy atom. The molecule has 0 aromatic carbocycles. The van der Waals surface area contributed by atoms with Gasteiger partial charge in [-0.05, 0) is 31.2 Å². The highest BCUT2D eigenvalue weighted by Crippen LogP contribution is 2.44. The molecule has 5 heterocycles. The van der Waals surface area contributed by atoms with Crippen LogP contribution in [0.1, 0.15) is 49.2 Å². The fourth-order valence-corrected chi connectivity index (χ4v) is 6.91. The van der Waals surface area contributed by atoms with E-state index in [9.17, 15) is 14.7 Å². The number of esters is 1. The standard InChI is InChI=1S/C24H31N3O5S.BrH/c1-16-13-21(26-32-16)25-22(28)15-27-10-8-17(9-11-27)19(14-27)31-23(29)24(30,18-5-2-3-6-18)20-7-4-12-33-20;/h4,7,12-13,17-19,30H,2-3,5-6,8-11,14-15H2,1H3;1H/t17?,19?,24-,27?;/m0./s1. The van der Waals surface area contributed by atoms with Crippen molar-refractivity contribution in [3.8, 4) is 0 Å². The fraction of sp³-hybridized carbons (Fsp3) is 0.625. The lowest BCUT2D eigenvalue weighted by Gasteiger charge is -2.51. The maximum absolute atomic E-state index is 13.5. The quantitative estimate of drug-likeness (QED) is 0.375. The number of amides is 1. The number of ether oxygens (including phenoxy) is 1. The second kappa shape index (κ2) is 10.1. The molecule has 3 aliphatic heterocycles. The molecule has 1 unspecified atom stereocenters. The van der Waals surface area contributed by atoms with Gasteiger partial charge in [-0.25, -0.2) is 4.79 Å². The zero-order valence-electron chi connectivity index (χ0n) is 19.4. The number of nitrogens with one attached hydrogen (secondary N) is 1. The van der Waals surface area contributed by atoms with E-state index in [4.69, 9.17) is 9.26 Å². The fourth-order valence-electron chi connectivity index (χ4n) is 6.02. The summed E-state index contributed by atoms with van der Waals surface area (Å²) in [5.41, 5.74) is -1.58. The number of fused-ring (bicyclic) bond motifs is 3. The minimum atomic E-state index is -1.58. The smallest absolute Gasteiger partial charge is 0.344 e. The van der Waals surface area contributed by atoms with Gasteiger partial charge in [0.15, 0.2) is 24.1 Å². The van der Waals surface area contributed by atoms with Gasteiger partial charge in [0.2, 0.25) is 0 Å². The van der Waals surface area contributed by atoms with Crippen molar-refractivity contribution in [3.63, 3.8) is 0 Å². The number of carbonyl (C=O) groups is 2. The number of thiophene rings is 1. The van der Waals surface area contributed by atoms with Gasteiger partial charge in [0.1, 0.15) is 12.3 Å². The minimum absolute atomic E-state index is 0. The number of quaternary nitrogens is 1. The van der Waals surface area contributed by atoms with Crippen LogP contribution in [0.5, 0.6) is 0 Å². The van der Waals surface area contributed by atoms with Crippen LogP contribution in [0, 0.1) is 18.8 Å². The van der Waals surface area contributed by atoms with Gasteiger partial charge >= 0.3 is 5.97 Å². The van der Waals surface area contributed by atoms with E-state index in [1.54, 1.807) is 13.0 Å². The summed E-state index contributed by atoms with van der Waals surface area (Å²) in [6.07, 6.45) is 5.26. The van der Waals surface area contributed by atoms with Crippen LogP contribution in [0.25, 0.3) is 0 Å². The number of piperidine rings is 3. The Kier molecular flexibility index (Phi) is 7.52. The van der Waals surface area contributed by atoms with E-state index in [1.165, 1.54) is 11.3 Å². The molecule has 1 aliphatic carbocycles. The summed E-state index contributed by atoms with van der Waals surface area (Å²) in [6.45, 7) is 4.47. The molecule has 2 N–H and O–H groups in total. The predicted octanol–water partition coefficient (Wildman–Crippen LogP) is 0.217. The number of aryl methyl sites for hydroxylation is 1. The number of nitrogens with zero attached hydrogens (tertiary/aromatic N) is 2. The van der Waals surface area contributed by atoms with Gasteiger partial charge in [0, 0.05) is 35.6 Å². The molecule has 0 spiro atoms. The molecule has 2 aromatic rings. The number of halogens is 1. The summed E-state index contributed by atoms with van der Waals surface area (Å²) < 4.78 is 11.7. The monoisotopic (exact) mass is 553 g/mol. The molecule has 8 nitrogen and oxygen atoms in total. The lowest BCUT2D eigenvalue weighted by Crippen LogP contribution is -3.00. The van der Waals surface area contributed by atoms with Crippen LogP contribution < -0.4 is 22.3 Å². The first-order chi connectivity index (χ1) is 15.9. The number of aliphatic hydroxyl groups is 1. The number of carbonyl (C=O) groups excluding carboxylic acids is 2. The SMILES string of the molecule is Cc1cc(NC(=O)C[N+]23CCC(CC2)C(OC(=O)[C@@](O)(c2cccs2)C2CCCC2)C3)no1.[Br-]. The first-order valence-corrected chi connectivity index (χ1v) is 12.8. The molecule has 34 heavy (non-hydrogen) atoms. The summed E-state index contributed by atoms with van der Waals surface area (Å²) in [5, 5.41) is 20.2. The average Bonchev–Trinajstić information content (AvgIpc) is 3.57. The summed E-state index contributed by atoms with van der Waals surface area (Å²) in [6, 6.07) is 5.40. The lowest BCUT2D eigenvalue weighted by molar-refractivity contribution is -0.939. The average molecular weight is 555 g/mol. The lowest BCUT2D eigenvalue weighted by atomic mass is 9.82. The van der Waals surface area contributed by atoms with Crippen molar-refractivity contribution < 1.29 is 45.4 Å². The van der Waals surface area contributed by atoms with E-state index >= 15 is 0 Å². The molecular formula is C24H32BrN3O5S. The van der Waals surface area contributed by atoms with Crippen molar-refractivity contribution in [2.24, 2.45) is 11.8 Å². The van der Waals surface area contributed by atoms with Crippen molar-refractivity contribution >= 4 is 29.0 Å². The van der Waals surface area contributed by atoms with E-state index < -0.39 is 11.6 Å². The van der Waals surface area contributed by atoms with Crippen molar-refractivity contribution in [1.82, 2.24) is 5.16 Å². The molecule has 186 valence electrons. The number of hydrogen-bond acceptors (Lipinski definition) is 7. The molecule has 10 heteroatoms. The summed E-state index contributed by atoms with van der Waals surface area (Å²) >= 11 is 1.41. The second-order valence-electron chi connectivity index (χ2n) is 10.0. The number of hydrogen-bond donors (Lipinski definition) is 2. The van der Waals surface area contributed by atoms with E-state index in [-0.39, 0.29) is 40.8 Å². The summed E-state index contributed by atoms with van der Waals surface area (Å²) in [5.74, 6) is 0.605. The Morgan fingerprint density at radius 1 is 1.29 bits per heavy atom. The van der Waals surface area contributed by atoms with Crippen LogP contribution >= 0.6 is 11.3 Å². The van der Waals surface area contributed by atoms with Gasteiger partial charge in [0.25, 0.3) is 5.91 Å². The molecular weight excluding hydrogens is 522 g/mol. The Morgan fingerprint density at radius 3 is 2.65 bits per heavy atom. The third kappa shape index (κ3) is 4.82. The molecule has 1 saturated carbocycles. The highest BCUT2D eigenvalue weighted by Gasteiger charge is 2.53. The zero-order chi connectivity index (χ0) is 23.1. The molecule has 2 aromatic heterocycles. The Labute approximate surface area is 214 Å². The van der Waals surface area contributed by atoms with Crippen molar-refractivity contribution in [2.75, 3.05) is 31.5 Å². The third-order valence-electron chi connectivity index (χ3n) is 7.83. The highest BCUT2D eigenvalue weighted by molar-refractivity contribution is 7.10. The number of rotatable bonds is 7. The minimum Gasteiger partial charge on any atom is -1.00 e. The van der Waals surface area contributed by atoms with Crippen LogP contribution in [-0.2, 0) is 19.9 Å². The molecule has 4 aliphatic rings. The van der Waals surface area contributed by atoms with Gasteiger partial charge < -0.3 is 41.1 Å². The maximum atomic E-state index is 13.5. The van der Waals surface area contributed by atoms with Gasteiger partial charge in [-0.2, -0.15) is 0 Å². The van der Waals surface area contributed by atoms with E-state index in [1.807, 2.05) is 17.5 Å². The number of aromatic nitrogens is 1. The number of anilines is 1. The van der Waals surface area contributed by atoms with Gasteiger partial charge in [-0.1, -0.05) is 24.1 Å². The topological polar surface area (TPSA) is 102 Å². The molecule has 6 rings (SSSR count). The highest BCUT2D eigenvalue weighted by atomic mass is 79.9. The Balaban J connectivity index is 0.00000274. The second-order valence-corrected chi connectivity index (χ2v) is 11.0. The van der Waals surface area contributed by atoms with E-state index in [2.05, 4.69) is 10.5 Å². The maximum Gasteiger partial charge on any atom is 0.344 e. The Hall–Kier alpha value is -1.75. The molecule has 4 fully saturated rings. The first-order valence-electron chi connectivity index (χ1n) is 11.9. The molecule has 0 radical (unpaired) electrons. The van der Waals surface area contributed by atoms with E-state index in [0.717, 1.165) is 51.6 Å². The molecule has 3 saturated heterocycles. The van der Waals surface area contributed by atoms with Crippen LogP contribution in [0.4, 0.5) is 5.82 Å². The van der Waals surface area contributed by atoms with Crippen LogP contribution in [0.2, 0.25) is 0 Å². The molecule has 2 bridgehead atoms. The molecule has 2 atom stereocenters. The van der Waals surface area contributed by atoms with Gasteiger partial charge in [-0.15, -0.1) is 11.3 Å². The van der Waals surface area contributed by atoms with Crippen LogP contribution in [0.15, 0.2) is 28.1 Å². The van der Waals surface area contributed by atoms with Crippen LogP contribution in [0.3, 0.4) is 0 Å². The molecule has 1 amide bonds. The normalized spacial score (nSPS) is 28.2. The third-order valence-corrected chi connectivity index (χ3v) is 8.82.